The van der Waals surface area contributed by atoms with E-state index in [0.717, 1.165) is 0 Å². The minimum atomic E-state index is -0.890. The average Bonchev–Trinajstić information content (AvgIpc) is 2.58. The van der Waals surface area contributed by atoms with Crippen molar-refractivity contribution in [2.24, 2.45) is 10.8 Å². The van der Waals surface area contributed by atoms with Crippen LogP contribution in [-0.4, -0.2) is 40.1 Å². The van der Waals surface area contributed by atoms with Crippen LogP contribution in [0.3, 0.4) is 0 Å². The zero-order valence-electron chi connectivity index (χ0n) is 13.7. The Hall–Kier alpha value is -1.26. The van der Waals surface area contributed by atoms with Crippen molar-refractivity contribution in [1.82, 2.24) is 10.2 Å². The number of carbonyl (C=O) groups excluding carboxylic acids is 1. The highest BCUT2D eigenvalue weighted by Crippen LogP contribution is 2.62. The number of rotatable bonds is 4. The van der Waals surface area contributed by atoms with Crippen LogP contribution in [0.1, 0.15) is 54.9 Å². The summed E-state index contributed by atoms with van der Waals surface area (Å²) in [7, 11) is 0. The molecule has 0 bridgehead atoms. The predicted molar refractivity (Wildman–Crippen MR) is 78.6 cm³/mol. The highest BCUT2D eigenvalue weighted by molar-refractivity contribution is 5.77. The number of urea groups is 1. The quantitative estimate of drug-likeness (QED) is 0.834. The molecule has 0 unspecified atom stereocenters. The van der Waals surface area contributed by atoms with Crippen molar-refractivity contribution in [2.45, 2.75) is 66.5 Å². The topological polar surface area (TPSA) is 69.6 Å². The summed E-state index contributed by atoms with van der Waals surface area (Å²) in [5.74, 6) is -0.890. The van der Waals surface area contributed by atoms with E-state index < -0.39 is 11.5 Å². The van der Waals surface area contributed by atoms with Gasteiger partial charge in [0.1, 0.15) is 0 Å². The molecule has 1 fully saturated rings. The normalized spacial score (nSPS) is 20.4. The minimum Gasteiger partial charge on any atom is -0.481 e. The zero-order chi connectivity index (χ0) is 15.9. The molecule has 0 atom stereocenters. The van der Waals surface area contributed by atoms with Gasteiger partial charge in [-0.2, -0.15) is 0 Å². The van der Waals surface area contributed by atoms with Gasteiger partial charge < -0.3 is 15.3 Å². The molecule has 0 aromatic carbocycles. The summed E-state index contributed by atoms with van der Waals surface area (Å²) < 4.78 is 0. The Morgan fingerprint density at radius 1 is 1.15 bits per heavy atom. The number of aliphatic carboxylic acids is 1. The number of hydrogen-bond acceptors (Lipinski definition) is 2. The van der Waals surface area contributed by atoms with Crippen molar-refractivity contribution >= 4 is 12.0 Å². The second-order valence-corrected chi connectivity index (χ2v) is 7.79. The van der Waals surface area contributed by atoms with E-state index in [1.807, 2.05) is 20.8 Å². The molecule has 20 heavy (non-hydrogen) atoms. The van der Waals surface area contributed by atoms with Crippen molar-refractivity contribution < 1.29 is 14.7 Å². The fourth-order valence-electron chi connectivity index (χ4n) is 2.71. The van der Waals surface area contributed by atoms with Crippen LogP contribution in [0.4, 0.5) is 4.79 Å². The van der Waals surface area contributed by atoms with Gasteiger partial charge in [0.15, 0.2) is 0 Å². The lowest BCUT2D eigenvalue weighted by Crippen LogP contribution is -2.52. The van der Waals surface area contributed by atoms with Crippen LogP contribution >= 0.6 is 0 Å². The first-order chi connectivity index (χ1) is 8.81. The van der Waals surface area contributed by atoms with E-state index in [1.165, 1.54) is 0 Å². The van der Waals surface area contributed by atoms with Crippen LogP contribution in [0, 0.1) is 10.8 Å². The van der Waals surface area contributed by atoms with E-state index in [4.69, 9.17) is 5.11 Å². The fourth-order valence-corrected chi connectivity index (χ4v) is 2.71. The van der Waals surface area contributed by atoms with Gasteiger partial charge in [0.2, 0.25) is 0 Å². The number of hydrogen-bond donors (Lipinski definition) is 2. The molecule has 0 aliphatic heterocycles. The lowest BCUT2D eigenvalue weighted by molar-refractivity contribution is -0.137. The van der Waals surface area contributed by atoms with E-state index >= 15 is 0 Å². The van der Waals surface area contributed by atoms with E-state index in [2.05, 4.69) is 33.0 Å². The molecular weight excluding hydrogens is 256 g/mol. The predicted octanol–water partition coefficient (Wildman–Crippen LogP) is 2.71. The first-order valence-electron chi connectivity index (χ1n) is 7.11. The monoisotopic (exact) mass is 284 g/mol. The molecule has 1 rings (SSSR count). The van der Waals surface area contributed by atoms with Gasteiger partial charge >= 0.3 is 12.0 Å². The van der Waals surface area contributed by atoms with E-state index in [9.17, 15) is 9.59 Å². The van der Waals surface area contributed by atoms with Crippen LogP contribution in [-0.2, 0) is 4.79 Å². The highest BCUT2D eigenvalue weighted by Gasteiger charge is 2.65. The zero-order valence-corrected chi connectivity index (χ0v) is 13.7. The first kappa shape index (κ1) is 16.8. The molecule has 1 saturated carbocycles. The van der Waals surface area contributed by atoms with Crippen molar-refractivity contribution in [2.75, 3.05) is 6.54 Å². The fraction of sp³-hybridized carbons (Fsp3) is 0.867. The SMILES string of the molecule is CC(C)(C)N(CCC(=O)O)C(=O)NC1C(C)(C)C1(C)C. The van der Waals surface area contributed by atoms with Gasteiger partial charge in [-0.1, -0.05) is 27.7 Å². The largest absolute Gasteiger partial charge is 0.481 e. The molecule has 1 aliphatic rings. The molecular formula is C15H28N2O3. The number of carbonyl (C=O) groups is 2. The number of nitrogens with one attached hydrogen (secondary N) is 1. The van der Waals surface area contributed by atoms with Crippen LogP contribution in [0.15, 0.2) is 0 Å². The molecule has 0 aromatic rings. The molecule has 0 radical (unpaired) electrons. The number of nitrogens with zero attached hydrogens (tertiary/aromatic N) is 1. The summed E-state index contributed by atoms with van der Waals surface area (Å²) in [5.41, 5.74) is -0.263. The maximum atomic E-state index is 12.5. The van der Waals surface area contributed by atoms with E-state index in [-0.39, 0.29) is 35.9 Å². The van der Waals surface area contributed by atoms with E-state index in [1.54, 1.807) is 4.90 Å². The van der Waals surface area contributed by atoms with Gasteiger partial charge in [-0.05, 0) is 31.6 Å². The molecule has 116 valence electrons. The molecule has 0 heterocycles. The lowest BCUT2D eigenvalue weighted by Gasteiger charge is -2.35. The summed E-state index contributed by atoms with van der Waals surface area (Å²) in [6.07, 6.45) is -0.0395. The van der Waals surface area contributed by atoms with Crippen LogP contribution in [0.5, 0.6) is 0 Å². The first-order valence-corrected chi connectivity index (χ1v) is 7.11. The van der Waals surface area contributed by atoms with Gasteiger partial charge in [0, 0.05) is 18.1 Å². The number of carboxylic acid groups (broad SMARTS) is 1. The molecule has 5 heteroatoms. The van der Waals surface area contributed by atoms with Crippen molar-refractivity contribution in [3.05, 3.63) is 0 Å². The second-order valence-electron chi connectivity index (χ2n) is 7.79. The summed E-state index contributed by atoms with van der Waals surface area (Å²) >= 11 is 0. The third-order valence-corrected chi connectivity index (χ3v) is 4.89. The van der Waals surface area contributed by atoms with Gasteiger partial charge in [-0.25, -0.2) is 4.79 Å². The Balaban J connectivity index is 2.73. The summed E-state index contributed by atoms with van der Waals surface area (Å²) in [6.45, 7) is 14.5. The van der Waals surface area contributed by atoms with Crippen molar-refractivity contribution in [3.63, 3.8) is 0 Å². The third-order valence-electron chi connectivity index (χ3n) is 4.89. The van der Waals surface area contributed by atoms with Gasteiger partial charge in [0.05, 0.1) is 6.42 Å². The summed E-state index contributed by atoms with van der Waals surface area (Å²) in [5, 5.41) is 11.9. The van der Waals surface area contributed by atoms with Crippen LogP contribution in [0.25, 0.3) is 0 Å². The smallest absolute Gasteiger partial charge is 0.318 e. The summed E-state index contributed by atoms with van der Waals surface area (Å²) in [6, 6.07) is -0.0559. The molecule has 0 saturated heterocycles. The number of amides is 2. The maximum absolute atomic E-state index is 12.5. The second kappa shape index (κ2) is 4.93. The Bertz CT molecular complexity index is 394. The summed E-state index contributed by atoms with van der Waals surface area (Å²) in [4.78, 5) is 24.8. The standard InChI is InChI=1S/C15H28N2O3/c1-13(2,3)17(9-8-10(18)19)12(20)16-11-14(4,5)15(11,6)7/h11H,8-9H2,1-7H3,(H,16,20)(H,18,19). The Morgan fingerprint density at radius 2 is 1.60 bits per heavy atom. The van der Waals surface area contributed by atoms with Crippen LogP contribution < -0.4 is 5.32 Å². The Labute approximate surface area is 121 Å². The molecule has 0 aromatic heterocycles. The molecule has 2 N–H and O–H groups in total. The van der Waals surface area contributed by atoms with E-state index in [0.29, 0.717) is 0 Å². The maximum Gasteiger partial charge on any atom is 0.318 e. The van der Waals surface area contributed by atoms with Gasteiger partial charge in [-0.3, -0.25) is 4.79 Å². The lowest BCUT2D eigenvalue weighted by atomic mass is 10.0. The van der Waals surface area contributed by atoms with Gasteiger partial charge in [0.25, 0.3) is 0 Å². The Kier molecular flexibility index (Phi) is 4.14. The molecule has 5 nitrogen and oxygen atoms in total. The average molecular weight is 284 g/mol. The molecule has 1 aliphatic carbocycles. The molecule has 0 spiro atoms. The van der Waals surface area contributed by atoms with Crippen LogP contribution in [0.2, 0.25) is 0 Å². The van der Waals surface area contributed by atoms with Crippen molar-refractivity contribution in [1.29, 1.82) is 0 Å². The minimum absolute atomic E-state index is 0.0395. The van der Waals surface area contributed by atoms with Crippen molar-refractivity contribution in [3.8, 4) is 0 Å². The molecule has 2 amide bonds. The van der Waals surface area contributed by atoms with Gasteiger partial charge in [-0.15, -0.1) is 0 Å². The highest BCUT2D eigenvalue weighted by atomic mass is 16.4. The Morgan fingerprint density at radius 3 is 1.90 bits per heavy atom. The number of carboxylic acids is 1. The third kappa shape index (κ3) is 3.07.